The van der Waals surface area contributed by atoms with Gasteiger partial charge in [0.15, 0.2) is 0 Å². The number of benzene rings is 2. The molecule has 0 bridgehead atoms. The van der Waals surface area contributed by atoms with Gasteiger partial charge in [0, 0.05) is 16.1 Å². The van der Waals surface area contributed by atoms with Crippen molar-refractivity contribution in [2.45, 2.75) is 6.92 Å². The Morgan fingerprint density at radius 1 is 1.18 bits per heavy atom. The molecule has 17 heavy (non-hydrogen) atoms. The van der Waals surface area contributed by atoms with E-state index in [2.05, 4.69) is 0 Å². The summed E-state index contributed by atoms with van der Waals surface area (Å²) < 4.78 is 13.5. The monoisotopic (exact) mass is 245 g/mol. The fourth-order valence-electron chi connectivity index (χ4n) is 1.82. The number of nitriles is 1. The van der Waals surface area contributed by atoms with Crippen molar-refractivity contribution in [3.63, 3.8) is 0 Å². The molecule has 0 fully saturated rings. The van der Waals surface area contributed by atoms with Crippen molar-refractivity contribution in [1.82, 2.24) is 0 Å². The Kier molecular flexibility index (Phi) is 3.12. The molecule has 0 saturated carbocycles. The van der Waals surface area contributed by atoms with E-state index in [-0.39, 0.29) is 5.56 Å². The van der Waals surface area contributed by atoms with Crippen LogP contribution in [0.2, 0.25) is 5.02 Å². The third-order valence-corrected chi connectivity index (χ3v) is 2.93. The predicted molar refractivity (Wildman–Crippen MR) is 66.3 cm³/mol. The fraction of sp³-hybridized carbons (Fsp3) is 0.0714. The maximum absolute atomic E-state index is 13.5. The van der Waals surface area contributed by atoms with Gasteiger partial charge in [0.05, 0.1) is 5.56 Å². The highest BCUT2D eigenvalue weighted by Crippen LogP contribution is 2.33. The standard InChI is InChI=1S/C14H9ClFN/c1-9-4-2-6-12(15)14(9)10-5-3-7-13(16)11(10)8-17/h2-7H,1H3. The highest BCUT2D eigenvalue weighted by molar-refractivity contribution is 6.33. The first-order valence-corrected chi connectivity index (χ1v) is 5.47. The van der Waals surface area contributed by atoms with Gasteiger partial charge in [-0.2, -0.15) is 5.26 Å². The number of halogens is 2. The van der Waals surface area contributed by atoms with Crippen molar-refractivity contribution < 1.29 is 4.39 Å². The van der Waals surface area contributed by atoms with Gasteiger partial charge in [0.1, 0.15) is 11.9 Å². The minimum atomic E-state index is -0.524. The third-order valence-electron chi connectivity index (χ3n) is 2.62. The molecule has 0 spiro atoms. The highest BCUT2D eigenvalue weighted by Gasteiger charge is 2.13. The van der Waals surface area contributed by atoms with E-state index in [1.54, 1.807) is 18.2 Å². The van der Waals surface area contributed by atoms with E-state index < -0.39 is 5.82 Å². The molecule has 84 valence electrons. The molecule has 1 nitrogen and oxygen atoms in total. The molecule has 0 aromatic heterocycles. The van der Waals surface area contributed by atoms with Gasteiger partial charge in [-0.25, -0.2) is 4.39 Å². The molecule has 3 heteroatoms. The van der Waals surface area contributed by atoms with Crippen LogP contribution < -0.4 is 0 Å². The number of rotatable bonds is 1. The van der Waals surface area contributed by atoms with Crippen LogP contribution in [-0.2, 0) is 0 Å². The van der Waals surface area contributed by atoms with E-state index in [4.69, 9.17) is 16.9 Å². The molecule has 0 aliphatic heterocycles. The zero-order valence-corrected chi connectivity index (χ0v) is 9.92. The van der Waals surface area contributed by atoms with Crippen LogP contribution in [0.5, 0.6) is 0 Å². The Balaban J connectivity index is 2.79. The minimum absolute atomic E-state index is 0.0312. The Morgan fingerprint density at radius 3 is 2.53 bits per heavy atom. The summed E-state index contributed by atoms with van der Waals surface area (Å²) in [6, 6.07) is 11.9. The smallest absolute Gasteiger partial charge is 0.141 e. The number of hydrogen-bond acceptors (Lipinski definition) is 1. The molecule has 0 N–H and O–H groups in total. The normalized spacial score (nSPS) is 10.0. The Bertz CT molecular complexity index is 594. The lowest BCUT2D eigenvalue weighted by atomic mass is 9.96. The molecule has 0 atom stereocenters. The second-order valence-corrected chi connectivity index (χ2v) is 4.11. The van der Waals surface area contributed by atoms with E-state index in [1.165, 1.54) is 6.07 Å². The first-order chi connectivity index (χ1) is 8.15. The molecule has 2 aromatic rings. The summed E-state index contributed by atoms with van der Waals surface area (Å²) in [6.45, 7) is 1.88. The molecular weight excluding hydrogens is 237 g/mol. The Hall–Kier alpha value is -1.85. The first kappa shape index (κ1) is 11.6. The molecule has 2 rings (SSSR count). The fourth-order valence-corrected chi connectivity index (χ4v) is 2.14. The second kappa shape index (κ2) is 4.57. The van der Waals surface area contributed by atoms with E-state index in [1.807, 2.05) is 25.1 Å². The van der Waals surface area contributed by atoms with Crippen molar-refractivity contribution in [2.75, 3.05) is 0 Å². The molecule has 2 aromatic carbocycles. The lowest BCUT2D eigenvalue weighted by Crippen LogP contribution is -1.92. The molecule has 0 aliphatic carbocycles. The van der Waals surface area contributed by atoms with E-state index in [0.717, 1.165) is 5.56 Å². The topological polar surface area (TPSA) is 23.8 Å². The molecule has 0 amide bonds. The van der Waals surface area contributed by atoms with Crippen molar-refractivity contribution in [3.05, 3.63) is 58.4 Å². The summed E-state index contributed by atoms with van der Waals surface area (Å²) in [6.07, 6.45) is 0. The van der Waals surface area contributed by atoms with Crippen LogP contribution in [0.1, 0.15) is 11.1 Å². The van der Waals surface area contributed by atoms with Gasteiger partial charge < -0.3 is 0 Å². The van der Waals surface area contributed by atoms with Gasteiger partial charge in [-0.1, -0.05) is 35.9 Å². The third kappa shape index (κ3) is 2.02. The van der Waals surface area contributed by atoms with Gasteiger partial charge in [-0.3, -0.25) is 0 Å². The van der Waals surface area contributed by atoms with Gasteiger partial charge in [-0.05, 0) is 24.6 Å². The average Bonchev–Trinajstić information content (AvgIpc) is 2.29. The number of aryl methyl sites for hydroxylation is 1. The van der Waals surface area contributed by atoms with Crippen molar-refractivity contribution in [1.29, 1.82) is 5.26 Å². The Morgan fingerprint density at radius 2 is 1.88 bits per heavy atom. The first-order valence-electron chi connectivity index (χ1n) is 5.09. The van der Waals surface area contributed by atoms with Crippen LogP contribution in [0.15, 0.2) is 36.4 Å². The van der Waals surface area contributed by atoms with Crippen LogP contribution in [0, 0.1) is 24.1 Å². The van der Waals surface area contributed by atoms with E-state index >= 15 is 0 Å². The highest BCUT2D eigenvalue weighted by atomic mass is 35.5. The quantitative estimate of drug-likeness (QED) is 0.734. The summed E-state index contributed by atoms with van der Waals surface area (Å²) in [5.74, 6) is -0.524. The largest absolute Gasteiger partial charge is 0.206 e. The van der Waals surface area contributed by atoms with Crippen LogP contribution in [0.3, 0.4) is 0 Å². The molecule has 0 heterocycles. The summed E-state index contributed by atoms with van der Waals surface area (Å²) in [4.78, 5) is 0. The van der Waals surface area contributed by atoms with Crippen molar-refractivity contribution >= 4 is 11.6 Å². The van der Waals surface area contributed by atoms with Gasteiger partial charge in [0.25, 0.3) is 0 Å². The van der Waals surface area contributed by atoms with Crippen LogP contribution in [0.4, 0.5) is 4.39 Å². The van der Waals surface area contributed by atoms with Crippen molar-refractivity contribution in [3.8, 4) is 17.2 Å². The maximum Gasteiger partial charge on any atom is 0.141 e. The van der Waals surface area contributed by atoms with E-state index in [0.29, 0.717) is 16.1 Å². The average molecular weight is 246 g/mol. The van der Waals surface area contributed by atoms with Crippen molar-refractivity contribution in [2.24, 2.45) is 0 Å². The number of hydrogen-bond donors (Lipinski definition) is 0. The Labute approximate surface area is 104 Å². The molecule has 0 saturated heterocycles. The molecular formula is C14H9ClFN. The summed E-state index contributed by atoms with van der Waals surface area (Å²) in [7, 11) is 0. The van der Waals surface area contributed by atoms with E-state index in [9.17, 15) is 4.39 Å². The maximum atomic E-state index is 13.5. The molecule has 0 unspecified atom stereocenters. The predicted octanol–water partition coefficient (Wildman–Crippen LogP) is 4.33. The van der Waals surface area contributed by atoms with Crippen LogP contribution in [-0.4, -0.2) is 0 Å². The van der Waals surface area contributed by atoms with Gasteiger partial charge in [-0.15, -0.1) is 0 Å². The lowest BCUT2D eigenvalue weighted by Gasteiger charge is -2.10. The molecule has 0 radical (unpaired) electrons. The molecule has 0 aliphatic rings. The van der Waals surface area contributed by atoms with Gasteiger partial charge in [0.2, 0.25) is 0 Å². The van der Waals surface area contributed by atoms with Gasteiger partial charge >= 0.3 is 0 Å². The van der Waals surface area contributed by atoms with Crippen LogP contribution >= 0.6 is 11.6 Å². The zero-order chi connectivity index (χ0) is 12.4. The SMILES string of the molecule is Cc1cccc(Cl)c1-c1cccc(F)c1C#N. The lowest BCUT2D eigenvalue weighted by molar-refractivity contribution is 0.624. The van der Waals surface area contributed by atoms with Crippen LogP contribution in [0.25, 0.3) is 11.1 Å². The summed E-state index contributed by atoms with van der Waals surface area (Å²) in [5.41, 5.74) is 2.20. The summed E-state index contributed by atoms with van der Waals surface area (Å²) in [5, 5.41) is 9.53. The zero-order valence-electron chi connectivity index (χ0n) is 9.17. The summed E-state index contributed by atoms with van der Waals surface area (Å²) >= 11 is 6.11. The number of nitrogens with zero attached hydrogens (tertiary/aromatic N) is 1. The second-order valence-electron chi connectivity index (χ2n) is 3.71. The minimum Gasteiger partial charge on any atom is -0.206 e.